The third-order valence-corrected chi connectivity index (χ3v) is 1.98. The lowest BCUT2D eigenvalue weighted by Gasteiger charge is -1.92. The van der Waals surface area contributed by atoms with Crippen molar-refractivity contribution in [3.05, 3.63) is 11.1 Å². The van der Waals surface area contributed by atoms with Gasteiger partial charge in [0.2, 0.25) is 0 Å². The van der Waals surface area contributed by atoms with Crippen molar-refractivity contribution >= 4 is 39.8 Å². The summed E-state index contributed by atoms with van der Waals surface area (Å²) in [5, 5.41) is 7.34. The molecule has 0 saturated carbocycles. The number of oxime groups is 1. The van der Waals surface area contributed by atoms with E-state index in [0.717, 1.165) is 0 Å². The Morgan fingerprint density at radius 3 is 3.08 bits per heavy atom. The van der Waals surface area contributed by atoms with Gasteiger partial charge < -0.3 is 10.6 Å². The summed E-state index contributed by atoms with van der Waals surface area (Å²) < 4.78 is 0. The quantitative estimate of drug-likeness (QED) is 0.451. The molecule has 64 valence electrons. The van der Waals surface area contributed by atoms with E-state index in [-0.39, 0.29) is 0 Å². The van der Waals surface area contributed by atoms with Gasteiger partial charge in [0.1, 0.15) is 18.5 Å². The Kier molecular flexibility index (Phi) is 3.12. The average Bonchev–Trinajstić information content (AvgIpc) is 2.47. The van der Waals surface area contributed by atoms with E-state index in [1.165, 1.54) is 23.8 Å². The minimum atomic E-state index is 0.491. The van der Waals surface area contributed by atoms with Gasteiger partial charge in [-0.3, -0.25) is 0 Å². The second kappa shape index (κ2) is 4.13. The van der Waals surface area contributed by atoms with E-state index >= 15 is 0 Å². The van der Waals surface area contributed by atoms with Crippen molar-refractivity contribution in [3.8, 4) is 0 Å². The summed E-state index contributed by atoms with van der Waals surface area (Å²) in [5.74, 6) is 0. The van der Waals surface area contributed by atoms with E-state index in [1.54, 1.807) is 5.38 Å². The van der Waals surface area contributed by atoms with Gasteiger partial charge >= 0.3 is 0 Å². The third kappa shape index (κ3) is 1.99. The topological polar surface area (TPSA) is 60.5 Å². The van der Waals surface area contributed by atoms with Crippen LogP contribution in [0.2, 0.25) is 0 Å². The first-order valence-corrected chi connectivity index (χ1v) is 4.40. The summed E-state index contributed by atoms with van der Waals surface area (Å²) in [6.45, 7) is 0. The number of anilines is 1. The molecule has 0 aromatic carbocycles. The van der Waals surface area contributed by atoms with Crippen molar-refractivity contribution in [3.63, 3.8) is 0 Å². The monoisotopic (exact) mass is 201 g/mol. The van der Waals surface area contributed by atoms with Crippen LogP contribution < -0.4 is 5.73 Å². The smallest absolute Gasteiger partial charge is 0.180 e. The lowest BCUT2D eigenvalue weighted by Crippen LogP contribution is -2.02. The summed E-state index contributed by atoms with van der Waals surface area (Å²) in [4.78, 5) is 8.56. The molecular weight excluding hydrogens is 194 g/mol. The number of hydrogen-bond acceptors (Lipinski definition) is 6. The molecule has 0 aliphatic carbocycles. The Hall–Kier alpha value is -1.01. The van der Waals surface area contributed by atoms with E-state index in [0.29, 0.717) is 16.5 Å². The zero-order valence-electron chi connectivity index (χ0n) is 6.35. The summed E-state index contributed by atoms with van der Waals surface area (Å²) in [6.07, 6.45) is 0. The zero-order chi connectivity index (χ0) is 8.97. The molecule has 0 fully saturated rings. The molecule has 4 nitrogen and oxygen atoms in total. The molecule has 0 bridgehead atoms. The number of aromatic nitrogens is 1. The molecule has 0 amide bonds. The maximum absolute atomic E-state index is 5.43. The average molecular weight is 201 g/mol. The van der Waals surface area contributed by atoms with Gasteiger partial charge in [0, 0.05) is 10.7 Å². The van der Waals surface area contributed by atoms with Crippen LogP contribution in [0.5, 0.6) is 0 Å². The first-order chi connectivity index (χ1) is 5.77. The Morgan fingerprint density at radius 1 is 1.92 bits per heavy atom. The molecule has 0 unspecified atom stereocenters. The zero-order valence-corrected chi connectivity index (χ0v) is 7.98. The van der Waals surface area contributed by atoms with Crippen LogP contribution in [0.15, 0.2) is 10.5 Å². The number of hydrogen-bond donors (Lipinski definition) is 1. The van der Waals surface area contributed by atoms with Crippen molar-refractivity contribution in [2.75, 3.05) is 12.8 Å². The fraction of sp³-hybridized carbons (Fsp3) is 0.167. The van der Waals surface area contributed by atoms with Crippen LogP contribution in [0.4, 0.5) is 5.13 Å². The molecule has 0 radical (unpaired) electrons. The number of thiazole rings is 1. The van der Waals surface area contributed by atoms with Crippen LogP contribution in [-0.4, -0.2) is 23.2 Å². The predicted molar refractivity (Wildman–Crippen MR) is 53.7 cm³/mol. The second-order valence-corrected chi connectivity index (χ2v) is 2.97. The minimum Gasteiger partial charge on any atom is -0.399 e. The number of nitrogens with zero attached hydrogens (tertiary/aromatic N) is 2. The first kappa shape index (κ1) is 9.08. The fourth-order valence-electron chi connectivity index (χ4n) is 0.632. The van der Waals surface area contributed by atoms with E-state index in [9.17, 15) is 0 Å². The molecule has 2 N–H and O–H groups in total. The third-order valence-electron chi connectivity index (χ3n) is 1.09. The SMILES string of the molecule is CON=C(C=S)c1csc(N)n1. The molecule has 1 aromatic rings. The van der Waals surface area contributed by atoms with Crippen LogP contribution in [-0.2, 0) is 4.84 Å². The normalized spacial score (nSPS) is 11.2. The van der Waals surface area contributed by atoms with Crippen LogP contribution in [0.1, 0.15) is 5.69 Å². The molecule has 6 heteroatoms. The van der Waals surface area contributed by atoms with Crippen LogP contribution in [0.3, 0.4) is 0 Å². The van der Waals surface area contributed by atoms with Gasteiger partial charge in [-0.15, -0.1) is 11.3 Å². The summed E-state index contributed by atoms with van der Waals surface area (Å²) in [7, 11) is 1.45. The van der Waals surface area contributed by atoms with E-state index < -0.39 is 0 Å². The van der Waals surface area contributed by atoms with E-state index in [4.69, 9.17) is 18.0 Å². The Labute approximate surface area is 79.0 Å². The van der Waals surface area contributed by atoms with Crippen molar-refractivity contribution < 1.29 is 4.84 Å². The number of nitrogens with two attached hydrogens (primary N) is 1. The Balaban J connectivity index is 2.94. The van der Waals surface area contributed by atoms with Gasteiger partial charge in [0.15, 0.2) is 5.13 Å². The summed E-state index contributed by atoms with van der Waals surface area (Å²) in [5.41, 5.74) is 6.59. The molecule has 0 saturated heterocycles. The van der Waals surface area contributed by atoms with Crippen molar-refractivity contribution in [2.24, 2.45) is 5.16 Å². The van der Waals surface area contributed by atoms with Gasteiger partial charge in [0.25, 0.3) is 0 Å². The van der Waals surface area contributed by atoms with Crippen LogP contribution in [0.25, 0.3) is 0 Å². The first-order valence-electron chi connectivity index (χ1n) is 3.05. The largest absolute Gasteiger partial charge is 0.399 e. The van der Waals surface area contributed by atoms with Crippen LogP contribution >= 0.6 is 23.6 Å². The molecule has 12 heavy (non-hydrogen) atoms. The number of nitrogen functional groups attached to an aromatic ring is 1. The highest BCUT2D eigenvalue weighted by molar-refractivity contribution is 7.80. The molecule has 0 aliphatic heterocycles. The van der Waals surface area contributed by atoms with Gasteiger partial charge in [0.05, 0.1) is 0 Å². The molecular formula is C6H7N3OS2. The van der Waals surface area contributed by atoms with E-state index in [2.05, 4.69) is 15.0 Å². The predicted octanol–water partition coefficient (Wildman–Crippen LogP) is 1.08. The Morgan fingerprint density at radius 2 is 2.67 bits per heavy atom. The molecule has 0 aliphatic rings. The molecule has 0 spiro atoms. The highest BCUT2D eigenvalue weighted by Gasteiger charge is 2.04. The summed E-state index contributed by atoms with van der Waals surface area (Å²) in [6, 6.07) is 0. The molecule has 1 rings (SSSR count). The van der Waals surface area contributed by atoms with Gasteiger partial charge in [-0.25, -0.2) is 4.98 Å². The highest BCUT2D eigenvalue weighted by atomic mass is 32.1. The Bertz CT molecular complexity index is 307. The van der Waals surface area contributed by atoms with Gasteiger partial charge in [-0.05, 0) is 0 Å². The number of rotatable bonds is 3. The molecule has 1 heterocycles. The second-order valence-electron chi connectivity index (χ2n) is 1.85. The highest BCUT2D eigenvalue weighted by Crippen LogP contribution is 2.11. The van der Waals surface area contributed by atoms with E-state index in [1.807, 2.05) is 0 Å². The van der Waals surface area contributed by atoms with Crippen LogP contribution in [0, 0.1) is 0 Å². The lowest BCUT2D eigenvalue weighted by atomic mass is 10.3. The molecule has 0 atom stereocenters. The standard InChI is InChI=1S/C6H7N3OS2/c1-10-9-4(2-11)5-3-12-6(7)8-5/h2-3H,1H3,(H2,7,8). The minimum absolute atomic E-state index is 0.491. The maximum Gasteiger partial charge on any atom is 0.180 e. The van der Waals surface area contributed by atoms with Gasteiger partial charge in [-0.1, -0.05) is 17.4 Å². The lowest BCUT2D eigenvalue weighted by molar-refractivity contribution is 0.214. The molecule has 1 aromatic heterocycles. The summed E-state index contributed by atoms with van der Waals surface area (Å²) >= 11 is 6.06. The van der Waals surface area contributed by atoms with Crippen molar-refractivity contribution in [1.29, 1.82) is 0 Å². The fourth-order valence-corrected chi connectivity index (χ4v) is 1.35. The number of thiocarbonyl (C=S) groups is 1. The van der Waals surface area contributed by atoms with Crippen molar-refractivity contribution in [1.82, 2.24) is 4.98 Å². The van der Waals surface area contributed by atoms with Gasteiger partial charge in [-0.2, -0.15) is 0 Å². The van der Waals surface area contributed by atoms with Crippen molar-refractivity contribution in [2.45, 2.75) is 0 Å². The maximum atomic E-state index is 5.43.